The Balaban J connectivity index is 1.90. The highest BCUT2D eigenvalue weighted by Gasteiger charge is 2.24. The van der Waals surface area contributed by atoms with Gasteiger partial charge in [-0.05, 0) is 50.5 Å². The molecule has 152 valence electrons. The number of ether oxygens (including phenoxy) is 1. The number of para-hydroxylation sites is 1. The lowest BCUT2D eigenvalue weighted by atomic mass is 10.1. The van der Waals surface area contributed by atoms with Gasteiger partial charge in [0.25, 0.3) is 11.8 Å². The molecule has 1 saturated heterocycles. The van der Waals surface area contributed by atoms with Crippen molar-refractivity contribution in [2.24, 2.45) is 0 Å². The molecule has 1 N–H and O–H groups in total. The number of nitro groups is 1. The van der Waals surface area contributed by atoms with Crippen molar-refractivity contribution < 1.29 is 19.2 Å². The third-order valence-electron chi connectivity index (χ3n) is 4.85. The Morgan fingerprint density at radius 3 is 2.59 bits per heavy atom. The smallest absolute Gasteiger partial charge is 0.311 e. The van der Waals surface area contributed by atoms with Crippen molar-refractivity contribution in [2.45, 2.75) is 26.7 Å². The number of hydrogen-bond acceptors (Lipinski definition) is 5. The van der Waals surface area contributed by atoms with Crippen LogP contribution in [0.3, 0.4) is 0 Å². The van der Waals surface area contributed by atoms with E-state index in [0.717, 1.165) is 18.4 Å². The molecule has 0 spiro atoms. The number of nitro benzene ring substituents is 1. The summed E-state index contributed by atoms with van der Waals surface area (Å²) in [5.41, 5.74) is 1.41. The van der Waals surface area contributed by atoms with Crippen LogP contribution in [0.15, 0.2) is 36.4 Å². The number of carbonyl (C=O) groups excluding carboxylic acids is 2. The zero-order valence-corrected chi connectivity index (χ0v) is 16.4. The number of benzene rings is 2. The third-order valence-corrected chi connectivity index (χ3v) is 4.85. The van der Waals surface area contributed by atoms with Crippen LogP contribution in [0.2, 0.25) is 0 Å². The van der Waals surface area contributed by atoms with Gasteiger partial charge in [0, 0.05) is 24.7 Å². The Morgan fingerprint density at radius 1 is 1.21 bits per heavy atom. The summed E-state index contributed by atoms with van der Waals surface area (Å²) in [7, 11) is 0. The third kappa shape index (κ3) is 4.37. The SMILES string of the molecule is CCOc1ccc(C(=O)Nc2c(C)cccc2C(=O)N2CCCC2)cc1[N+](=O)[O-]. The molecule has 0 saturated carbocycles. The highest BCUT2D eigenvalue weighted by atomic mass is 16.6. The largest absolute Gasteiger partial charge is 0.487 e. The van der Waals surface area contributed by atoms with Crippen molar-refractivity contribution in [2.75, 3.05) is 25.0 Å². The zero-order valence-electron chi connectivity index (χ0n) is 16.4. The van der Waals surface area contributed by atoms with Crippen LogP contribution in [-0.4, -0.2) is 41.3 Å². The van der Waals surface area contributed by atoms with Gasteiger partial charge in [0.15, 0.2) is 5.75 Å². The van der Waals surface area contributed by atoms with E-state index in [9.17, 15) is 19.7 Å². The average molecular weight is 397 g/mol. The molecule has 0 unspecified atom stereocenters. The van der Waals surface area contributed by atoms with Gasteiger partial charge in [-0.1, -0.05) is 12.1 Å². The van der Waals surface area contributed by atoms with Crippen LogP contribution in [0.1, 0.15) is 46.0 Å². The van der Waals surface area contributed by atoms with Gasteiger partial charge in [0.1, 0.15) is 0 Å². The van der Waals surface area contributed by atoms with E-state index in [1.54, 1.807) is 36.9 Å². The van der Waals surface area contributed by atoms with Crippen molar-refractivity contribution in [3.8, 4) is 5.75 Å². The molecular weight excluding hydrogens is 374 g/mol. The Bertz CT molecular complexity index is 951. The Hall–Kier alpha value is -3.42. The maximum atomic E-state index is 12.9. The van der Waals surface area contributed by atoms with Crippen LogP contribution in [0.4, 0.5) is 11.4 Å². The van der Waals surface area contributed by atoms with Crippen LogP contribution < -0.4 is 10.1 Å². The van der Waals surface area contributed by atoms with Crippen LogP contribution in [-0.2, 0) is 0 Å². The fourth-order valence-corrected chi connectivity index (χ4v) is 3.37. The first-order valence-electron chi connectivity index (χ1n) is 9.54. The maximum absolute atomic E-state index is 12.9. The fourth-order valence-electron chi connectivity index (χ4n) is 3.37. The first kappa shape index (κ1) is 20.3. The molecule has 0 bridgehead atoms. The molecule has 2 amide bonds. The van der Waals surface area contributed by atoms with Crippen molar-refractivity contribution in [3.05, 3.63) is 63.2 Å². The number of rotatable bonds is 6. The predicted octanol–water partition coefficient (Wildman–Crippen LogP) is 3.79. The molecule has 8 heteroatoms. The number of anilines is 1. The minimum Gasteiger partial charge on any atom is -0.487 e. The quantitative estimate of drug-likeness (QED) is 0.590. The van der Waals surface area contributed by atoms with E-state index in [1.807, 2.05) is 0 Å². The Labute approximate surface area is 168 Å². The molecule has 8 nitrogen and oxygen atoms in total. The van der Waals surface area contributed by atoms with Gasteiger partial charge in [-0.3, -0.25) is 19.7 Å². The molecule has 1 heterocycles. The molecule has 1 fully saturated rings. The van der Waals surface area contributed by atoms with Crippen LogP contribution >= 0.6 is 0 Å². The minimum absolute atomic E-state index is 0.106. The van der Waals surface area contributed by atoms with Crippen LogP contribution in [0.25, 0.3) is 0 Å². The summed E-state index contributed by atoms with van der Waals surface area (Å²) in [5, 5.41) is 14.1. The highest BCUT2D eigenvalue weighted by Crippen LogP contribution is 2.29. The summed E-state index contributed by atoms with van der Waals surface area (Å²) in [6.07, 6.45) is 1.93. The summed E-state index contributed by atoms with van der Waals surface area (Å²) >= 11 is 0. The number of amides is 2. The van der Waals surface area contributed by atoms with Crippen molar-refractivity contribution >= 4 is 23.2 Å². The number of aryl methyl sites for hydroxylation is 1. The standard InChI is InChI=1S/C21H23N3O5/c1-3-29-18-10-9-15(13-17(18)24(27)28)20(25)22-19-14(2)7-6-8-16(19)21(26)23-11-4-5-12-23/h6-10,13H,3-5,11-12H2,1-2H3,(H,22,25). The molecule has 2 aromatic carbocycles. The molecular formula is C21H23N3O5. The van der Waals surface area contributed by atoms with Crippen molar-refractivity contribution in [1.29, 1.82) is 0 Å². The molecule has 2 aromatic rings. The second-order valence-electron chi connectivity index (χ2n) is 6.82. The molecule has 1 aliphatic heterocycles. The van der Waals surface area contributed by atoms with Gasteiger partial charge in [-0.15, -0.1) is 0 Å². The first-order valence-corrected chi connectivity index (χ1v) is 9.54. The number of nitrogens with one attached hydrogen (secondary N) is 1. The lowest BCUT2D eigenvalue weighted by Crippen LogP contribution is -2.29. The number of carbonyl (C=O) groups is 2. The van der Waals surface area contributed by atoms with E-state index in [0.29, 0.717) is 24.3 Å². The summed E-state index contributed by atoms with van der Waals surface area (Å²) < 4.78 is 5.25. The van der Waals surface area contributed by atoms with E-state index < -0.39 is 10.8 Å². The van der Waals surface area contributed by atoms with E-state index in [2.05, 4.69) is 5.32 Å². The normalized spacial score (nSPS) is 13.2. The highest BCUT2D eigenvalue weighted by molar-refractivity contribution is 6.10. The molecule has 3 rings (SSSR count). The van der Waals surface area contributed by atoms with E-state index in [4.69, 9.17) is 4.74 Å². The summed E-state index contributed by atoms with van der Waals surface area (Å²) in [4.78, 5) is 38.2. The second-order valence-corrected chi connectivity index (χ2v) is 6.82. The number of nitrogens with zero attached hydrogens (tertiary/aromatic N) is 2. The van der Waals surface area contributed by atoms with Gasteiger partial charge in [-0.2, -0.15) is 0 Å². The Morgan fingerprint density at radius 2 is 1.93 bits per heavy atom. The molecule has 0 radical (unpaired) electrons. The van der Waals surface area contributed by atoms with Crippen molar-refractivity contribution in [1.82, 2.24) is 4.90 Å². The minimum atomic E-state index is -0.585. The first-order chi connectivity index (χ1) is 13.9. The van der Waals surface area contributed by atoms with Crippen molar-refractivity contribution in [3.63, 3.8) is 0 Å². The second kappa shape index (κ2) is 8.72. The lowest BCUT2D eigenvalue weighted by molar-refractivity contribution is -0.385. The van der Waals surface area contributed by atoms with Gasteiger partial charge in [0.2, 0.25) is 0 Å². The maximum Gasteiger partial charge on any atom is 0.311 e. The molecule has 0 aliphatic carbocycles. The van der Waals surface area contributed by atoms with E-state index >= 15 is 0 Å². The van der Waals surface area contributed by atoms with E-state index in [1.165, 1.54) is 18.2 Å². The van der Waals surface area contributed by atoms with Gasteiger partial charge in [-0.25, -0.2) is 0 Å². The number of hydrogen-bond donors (Lipinski definition) is 1. The zero-order chi connectivity index (χ0) is 21.0. The summed E-state index contributed by atoms with van der Waals surface area (Å²) in [6.45, 7) is 5.20. The van der Waals surface area contributed by atoms with E-state index in [-0.39, 0.29) is 29.5 Å². The molecule has 1 aliphatic rings. The van der Waals surface area contributed by atoms with Crippen LogP contribution in [0, 0.1) is 17.0 Å². The van der Waals surface area contributed by atoms with Gasteiger partial charge < -0.3 is 15.0 Å². The van der Waals surface area contributed by atoms with Gasteiger partial charge >= 0.3 is 5.69 Å². The lowest BCUT2D eigenvalue weighted by Gasteiger charge is -2.19. The topological polar surface area (TPSA) is 102 Å². The molecule has 29 heavy (non-hydrogen) atoms. The van der Waals surface area contributed by atoms with Gasteiger partial charge in [0.05, 0.1) is 22.8 Å². The Kier molecular flexibility index (Phi) is 6.11. The predicted molar refractivity (Wildman–Crippen MR) is 109 cm³/mol. The van der Waals surface area contributed by atoms with Crippen LogP contribution in [0.5, 0.6) is 5.75 Å². The summed E-state index contributed by atoms with van der Waals surface area (Å²) in [6, 6.07) is 9.32. The molecule has 0 atom stereocenters. The number of likely N-dealkylation sites (tertiary alicyclic amines) is 1. The summed E-state index contributed by atoms with van der Waals surface area (Å²) in [5.74, 6) is -0.546. The average Bonchev–Trinajstić information content (AvgIpc) is 3.24. The fraction of sp³-hybridized carbons (Fsp3) is 0.333. The monoisotopic (exact) mass is 397 g/mol. The molecule has 0 aromatic heterocycles.